The molecule has 1 aromatic rings. The third-order valence-electron chi connectivity index (χ3n) is 3.36. The second-order valence-electron chi connectivity index (χ2n) is 4.73. The first-order valence-electron chi connectivity index (χ1n) is 6.46. The molecule has 18 heavy (non-hydrogen) atoms. The fourth-order valence-electron chi connectivity index (χ4n) is 2.23. The van der Waals surface area contributed by atoms with Crippen LogP contribution in [-0.4, -0.2) is 46.8 Å². The van der Waals surface area contributed by atoms with Gasteiger partial charge in [-0.15, -0.1) is 0 Å². The highest BCUT2D eigenvalue weighted by Gasteiger charge is 2.14. The number of aromatic nitrogens is 2. The van der Waals surface area contributed by atoms with Gasteiger partial charge in [-0.2, -0.15) is 5.10 Å². The van der Waals surface area contributed by atoms with Gasteiger partial charge in [0.2, 0.25) is 0 Å². The molecule has 0 unspecified atom stereocenters. The molecule has 1 saturated heterocycles. The Kier molecular flexibility index (Phi) is 4.19. The lowest BCUT2D eigenvalue weighted by Gasteiger charge is -2.14. The molecule has 0 radical (unpaired) electrons. The minimum Gasteiger partial charge on any atom is -0.383 e. The summed E-state index contributed by atoms with van der Waals surface area (Å²) < 4.78 is 1.50. The number of nitrogens with zero attached hydrogens (tertiary/aromatic N) is 3. The van der Waals surface area contributed by atoms with Crippen LogP contribution in [0.4, 0.5) is 5.82 Å². The molecule has 1 amide bonds. The van der Waals surface area contributed by atoms with Gasteiger partial charge in [-0.05, 0) is 38.9 Å². The van der Waals surface area contributed by atoms with E-state index in [2.05, 4.69) is 15.3 Å². The molecule has 2 rings (SSSR count). The molecule has 6 nitrogen and oxygen atoms in total. The average Bonchev–Trinajstić information content (AvgIpc) is 2.97. The zero-order valence-corrected chi connectivity index (χ0v) is 10.9. The van der Waals surface area contributed by atoms with Crippen molar-refractivity contribution in [2.24, 2.45) is 7.05 Å². The van der Waals surface area contributed by atoms with Crippen LogP contribution in [0.2, 0.25) is 0 Å². The summed E-state index contributed by atoms with van der Waals surface area (Å²) in [6.07, 6.45) is 5.09. The van der Waals surface area contributed by atoms with Gasteiger partial charge in [-0.25, -0.2) is 0 Å². The van der Waals surface area contributed by atoms with Gasteiger partial charge in [0.05, 0.1) is 6.20 Å². The van der Waals surface area contributed by atoms with Crippen molar-refractivity contribution in [3.63, 3.8) is 0 Å². The average molecular weight is 251 g/mol. The summed E-state index contributed by atoms with van der Waals surface area (Å²) >= 11 is 0. The fraction of sp³-hybridized carbons (Fsp3) is 0.667. The fourth-order valence-corrected chi connectivity index (χ4v) is 2.23. The highest BCUT2D eigenvalue weighted by atomic mass is 16.1. The molecular weight excluding hydrogens is 230 g/mol. The van der Waals surface area contributed by atoms with Crippen molar-refractivity contribution in [1.82, 2.24) is 20.0 Å². The SMILES string of the molecule is Cn1ncc(C(=O)NCCCN2CCCC2)c1N. The number of carbonyl (C=O) groups excluding carboxylic acids is 1. The molecule has 0 bridgehead atoms. The molecule has 0 atom stereocenters. The first-order chi connectivity index (χ1) is 8.68. The number of carbonyl (C=O) groups is 1. The van der Waals surface area contributed by atoms with Crippen LogP contribution in [0.3, 0.4) is 0 Å². The van der Waals surface area contributed by atoms with Crippen LogP contribution in [0.25, 0.3) is 0 Å². The monoisotopic (exact) mass is 251 g/mol. The maximum atomic E-state index is 11.8. The number of rotatable bonds is 5. The van der Waals surface area contributed by atoms with Crippen LogP contribution in [0, 0.1) is 0 Å². The molecule has 1 aliphatic rings. The smallest absolute Gasteiger partial charge is 0.256 e. The van der Waals surface area contributed by atoms with Crippen LogP contribution in [0.1, 0.15) is 29.6 Å². The van der Waals surface area contributed by atoms with Crippen LogP contribution in [0.15, 0.2) is 6.20 Å². The Hall–Kier alpha value is -1.56. The Balaban J connectivity index is 1.70. The minimum absolute atomic E-state index is 0.137. The molecule has 3 N–H and O–H groups in total. The highest BCUT2D eigenvalue weighted by molar-refractivity contribution is 5.98. The molecule has 1 aliphatic heterocycles. The van der Waals surface area contributed by atoms with Gasteiger partial charge >= 0.3 is 0 Å². The van der Waals surface area contributed by atoms with E-state index < -0.39 is 0 Å². The number of hydrogen-bond donors (Lipinski definition) is 2. The van der Waals surface area contributed by atoms with E-state index in [0.29, 0.717) is 17.9 Å². The van der Waals surface area contributed by atoms with Crippen molar-refractivity contribution in [2.45, 2.75) is 19.3 Å². The van der Waals surface area contributed by atoms with Crippen LogP contribution in [-0.2, 0) is 7.05 Å². The topological polar surface area (TPSA) is 76.2 Å². The van der Waals surface area contributed by atoms with Crippen molar-refractivity contribution < 1.29 is 4.79 Å². The van der Waals surface area contributed by atoms with Crippen LogP contribution < -0.4 is 11.1 Å². The molecule has 2 heterocycles. The number of hydrogen-bond acceptors (Lipinski definition) is 4. The largest absolute Gasteiger partial charge is 0.383 e. The first-order valence-corrected chi connectivity index (χ1v) is 6.46. The maximum absolute atomic E-state index is 11.8. The normalized spacial score (nSPS) is 16.1. The molecule has 1 aromatic heterocycles. The van der Waals surface area contributed by atoms with Crippen LogP contribution >= 0.6 is 0 Å². The third-order valence-corrected chi connectivity index (χ3v) is 3.36. The summed E-state index contributed by atoms with van der Waals surface area (Å²) in [7, 11) is 1.72. The second-order valence-corrected chi connectivity index (χ2v) is 4.73. The quantitative estimate of drug-likeness (QED) is 0.734. The zero-order valence-electron chi connectivity index (χ0n) is 10.9. The lowest BCUT2D eigenvalue weighted by atomic mass is 10.3. The molecule has 0 aliphatic carbocycles. The Morgan fingerprint density at radius 3 is 2.83 bits per heavy atom. The number of aryl methyl sites for hydroxylation is 1. The van der Waals surface area contributed by atoms with Gasteiger partial charge in [0.25, 0.3) is 5.91 Å². The van der Waals surface area contributed by atoms with Gasteiger partial charge in [-0.1, -0.05) is 0 Å². The number of anilines is 1. The Labute approximate surface area is 107 Å². The van der Waals surface area contributed by atoms with Gasteiger partial charge in [0.1, 0.15) is 11.4 Å². The summed E-state index contributed by atoms with van der Waals surface area (Å²) in [5.41, 5.74) is 6.20. The molecule has 100 valence electrons. The number of nitrogens with two attached hydrogens (primary N) is 1. The molecule has 6 heteroatoms. The molecule has 0 aromatic carbocycles. The Bertz CT molecular complexity index is 409. The number of nitrogen functional groups attached to an aromatic ring is 1. The van der Waals surface area contributed by atoms with Crippen molar-refractivity contribution in [3.05, 3.63) is 11.8 Å². The third kappa shape index (κ3) is 3.01. The highest BCUT2D eigenvalue weighted by Crippen LogP contribution is 2.09. The first kappa shape index (κ1) is 12.9. The zero-order chi connectivity index (χ0) is 13.0. The Morgan fingerprint density at radius 2 is 2.22 bits per heavy atom. The van der Waals surface area contributed by atoms with E-state index in [0.717, 1.165) is 13.0 Å². The molecule has 0 saturated carbocycles. The lowest BCUT2D eigenvalue weighted by molar-refractivity contribution is 0.0953. The van der Waals surface area contributed by atoms with Gasteiger partial charge in [0, 0.05) is 13.6 Å². The van der Waals surface area contributed by atoms with E-state index in [1.165, 1.54) is 36.8 Å². The van der Waals surface area contributed by atoms with Crippen molar-refractivity contribution >= 4 is 11.7 Å². The summed E-state index contributed by atoms with van der Waals surface area (Å²) in [4.78, 5) is 14.3. The lowest BCUT2D eigenvalue weighted by Crippen LogP contribution is -2.29. The summed E-state index contributed by atoms with van der Waals surface area (Å²) in [6.45, 7) is 4.14. The number of likely N-dealkylation sites (tertiary alicyclic amines) is 1. The van der Waals surface area contributed by atoms with Crippen molar-refractivity contribution in [1.29, 1.82) is 0 Å². The van der Waals surface area contributed by atoms with Gasteiger partial charge in [-0.3, -0.25) is 9.48 Å². The molecule has 1 fully saturated rings. The molecular formula is C12H21N5O. The summed E-state index contributed by atoms with van der Waals surface area (Å²) in [6, 6.07) is 0. The van der Waals surface area contributed by atoms with E-state index in [1.807, 2.05) is 0 Å². The molecule has 0 spiro atoms. The van der Waals surface area contributed by atoms with Crippen molar-refractivity contribution in [2.75, 3.05) is 31.9 Å². The number of nitrogens with one attached hydrogen (secondary N) is 1. The van der Waals surface area contributed by atoms with E-state index in [4.69, 9.17) is 5.73 Å². The maximum Gasteiger partial charge on any atom is 0.256 e. The summed E-state index contributed by atoms with van der Waals surface area (Å²) in [5, 5.41) is 6.83. The van der Waals surface area contributed by atoms with Gasteiger partial charge in [0.15, 0.2) is 0 Å². The predicted molar refractivity (Wildman–Crippen MR) is 70.2 cm³/mol. The number of amides is 1. The van der Waals surface area contributed by atoms with Crippen LogP contribution in [0.5, 0.6) is 0 Å². The van der Waals surface area contributed by atoms with E-state index in [1.54, 1.807) is 7.05 Å². The minimum atomic E-state index is -0.137. The Morgan fingerprint density at radius 1 is 1.50 bits per heavy atom. The van der Waals surface area contributed by atoms with Gasteiger partial charge < -0.3 is 16.0 Å². The standard InChI is InChI=1S/C12H21N5O/c1-16-11(13)10(9-15-16)12(18)14-5-4-8-17-6-2-3-7-17/h9H,2-8,13H2,1H3,(H,14,18). The van der Waals surface area contributed by atoms with E-state index >= 15 is 0 Å². The second kappa shape index (κ2) is 5.86. The van der Waals surface area contributed by atoms with E-state index in [9.17, 15) is 4.79 Å². The predicted octanol–water partition coefficient (Wildman–Crippen LogP) is 0.218. The van der Waals surface area contributed by atoms with Crippen molar-refractivity contribution in [3.8, 4) is 0 Å². The summed E-state index contributed by atoms with van der Waals surface area (Å²) in [5.74, 6) is 0.272. The van der Waals surface area contributed by atoms with E-state index in [-0.39, 0.29) is 5.91 Å².